The van der Waals surface area contributed by atoms with Crippen molar-refractivity contribution in [2.45, 2.75) is 181 Å². The van der Waals surface area contributed by atoms with Crippen molar-refractivity contribution >= 4 is 17.9 Å². The number of hydrogen-bond donors (Lipinski definition) is 0. The summed E-state index contributed by atoms with van der Waals surface area (Å²) in [5.41, 5.74) is 0. The summed E-state index contributed by atoms with van der Waals surface area (Å²) < 4.78 is 16.6. The van der Waals surface area contributed by atoms with Crippen LogP contribution in [0, 0.1) is 0 Å². The molecule has 0 heterocycles. The number of ether oxygens (including phenoxy) is 3. The highest BCUT2D eigenvalue weighted by Crippen LogP contribution is 2.13. The maximum absolute atomic E-state index is 12.7. The largest absolute Gasteiger partial charge is 0.462 e. The third kappa shape index (κ3) is 43.0. The van der Waals surface area contributed by atoms with E-state index in [1.54, 1.807) is 6.08 Å². The van der Waals surface area contributed by atoms with Gasteiger partial charge < -0.3 is 14.2 Å². The Morgan fingerprint density at radius 3 is 1.26 bits per heavy atom. The smallest absolute Gasteiger partial charge is 0.309 e. The van der Waals surface area contributed by atoms with Crippen LogP contribution in [0.1, 0.15) is 175 Å². The molecular formula is C51H80O6. The van der Waals surface area contributed by atoms with Crippen LogP contribution in [-0.2, 0) is 28.6 Å². The maximum atomic E-state index is 12.7. The van der Waals surface area contributed by atoms with Gasteiger partial charge in [0.15, 0.2) is 6.10 Å². The Morgan fingerprint density at radius 2 is 0.772 bits per heavy atom. The first kappa shape index (κ1) is 53.1. The van der Waals surface area contributed by atoms with Crippen LogP contribution in [0.4, 0.5) is 0 Å². The number of carbonyl (C=O) groups is 3. The third-order valence-corrected chi connectivity index (χ3v) is 8.91. The van der Waals surface area contributed by atoms with Crippen LogP contribution in [0.2, 0.25) is 0 Å². The lowest BCUT2D eigenvalue weighted by atomic mass is 10.1. The van der Waals surface area contributed by atoms with Crippen molar-refractivity contribution < 1.29 is 28.6 Å². The van der Waals surface area contributed by atoms with Crippen molar-refractivity contribution in [3.63, 3.8) is 0 Å². The van der Waals surface area contributed by atoms with E-state index in [2.05, 4.69) is 118 Å². The van der Waals surface area contributed by atoms with Crippen LogP contribution >= 0.6 is 0 Å². The van der Waals surface area contributed by atoms with Crippen molar-refractivity contribution in [2.75, 3.05) is 13.2 Å². The van der Waals surface area contributed by atoms with Gasteiger partial charge in [0.25, 0.3) is 0 Å². The Hall–Kier alpha value is -3.93. The van der Waals surface area contributed by atoms with Crippen LogP contribution in [0.5, 0.6) is 0 Å². The summed E-state index contributed by atoms with van der Waals surface area (Å²) >= 11 is 0. The predicted molar refractivity (Wildman–Crippen MR) is 242 cm³/mol. The molecule has 0 aromatic rings. The van der Waals surface area contributed by atoms with Gasteiger partial charge in [-0.05, 0) is 70.6 Å². The SMILES string of the molecule is CC\C=C/C=C\C=C/CCCCCCCCCC(=O)OCC(COC(=O)C/C=C\C/C=C\C/C=C\CC)OC(=O)CCCCCCCCC\C=C/C=C\C=C/CC. The quantitative estimate of drug-likeness (QED) is 0.0204. The normalized spacial score (nSPS) is 13.1. The summed E-state index contributed by atoms with van der Waals surface area (Å²) in [6.45, 7) is 6.11. The molecule has 0 aromatic carbocycles. The van der Waals surface area contributed by atoms with E-state index in [-0.39, 0.29) is 31.6 Å². The average molecular weight is 789 g/mol. The van der Waals surface area contributed by atoms with Crippen molar-refractivity contribution in [2.24, 2.45) is 0 Å². The molecule has 1 unspecified atom stereocenters. The minimum absolute atomic E-state index is 0.119. The molecule has 0 fully saturated rings. The number of unbranched alkanes of at least 4 members (excludes halogenated alkanes) is 14. The lowest BCUT2D eigenvalue weighted by Crippen LogP contribution is -2.30. The van der Waals surface area contributed by atoms with E-state index < -0.39 is 12.1 Å². The Balaban J connectivity index is 4.47. The van der Waals surface area contributed by atoms with Gasteiger partial charge in [-0.15, -0.1) is 0 Å². The highest BCUT2D eigenvalue weighted by Gasteiger charge is 2.19. The minimum atomic E-state index is -0.824. The molecule has 6 heteroatoms. The Bertz CT molecular complexity index is 1230. The summed E-state index contributed by atoms with van der Waals surface area (Å²) in [6, 6.07) is 0. The average Bonchev–Trinajstić information content (AvgIpc) is 3.21. The Morgan fingerprint density at radius 1 is 0.386 bits per heavy atom. The molecule has 0 rings (SSSR count). The van der Waals surface area contributed by atoms with Crippen molar-refractivity contribution in [1.29, 1.82) is 0 Å². The van der Waals surface area contributed by atoms with Gasteiger partial charge in [0, 0.05) is 12.8 Å². The van der Waals surface area contributed by atoms with Gasteiger partial charge in [0.05, 0.1) is 6.42 Å². The second-order valence-corrected chi connectivity index (χ2v) is 14.3. The van der Waals surface area contributed by atoms with Gasteiger partial charge in [-0.1, -0.05) is 194 Å². The molecule has 0 amide bonds. The topological polar surface area (TPSA) is 78.9 Å². The number of hydrogen-bond acceptors (Lipinski definition) is 6. The van der Waals surface area contributed by atoms with E-state index in [4.69, 9.17) is 14.2 Å². The first-order valence-corrected chi connectivity index (χ1v) is 22.5. The van der Waals surface area contributed by atoms with Crippen LogP contribution in [0.15, 0.2) is 109 Å². The first-order valence-electron chi connectivity index (χ1n) is 22.5. The van der Waals surface area contributed by atoms with Crippen LogP contribution in [0.3, 0.4) is 0 Å². The fourth-order valence-corrected chi connectivity index (χ4v) is 5.62. The first-order chi connectivity index (χ1) is 28.0. The Labute approximate surface area is 349 Å². The van der Waals surface area contributed by atoms with Gasteiger partial charge in [-0.2, -0.15) is 0 Å². The van der Waals surface area contributed by atoms with Crippen molar-refractivity contribution in [3.8, 4) is 0 Å². The van der Waals surface area contributed by atoms with Crippen LogP contribution in [-0.4, -0.2) is 37.2 Å². The zero-order valence-electron chi connectivity index (χ0n) is 36.3. The molecule has 0 aliphatic carbocycles. The number of esters is 3. The summed E-state index contributed by atoms with van der Waals surface area (Å²) in [4.78, 5) is 37.6. The molecule has 0 aromatic heterocycles. The molecule has 0 N–H and O–H groups in total. The monoisotopic (exact) mass is 789 g/mol. The molecule has 0 aliphatic rings. The molecule has 1 atom stereocenters. The van der Waals surface area contributed by atoms with Gasteiger partial charge >= 0.3 is 17.9 Å². The van der Waals surface area contributed by atoms with Crippen molar-refractivity contribution in [1.82, 2.24) is 0 Å². The summed E-state index contributed by atoms with van der Waals surface area (Å²) in [7, 11) is 0. The lowest BCUT2D eigenvalue weighted by Gasteiger charge is -2.18. The maximum Gasteiger partial charge on any atom is 0.309 e. The van der Waals surface area contributed by atoms with Crippen LogP contribution in [0.25, 0.3) is 0 Å². The second kappa shape index (κ2) is 44.8. The molecule has 57 heavy (non-hydrogen) atoms. The highest BCUT2D eigenvalue weighted by atomic mass is 16.6. The summed E-state index contributed by atoms with van der Waals surface area (Å²) in [5, 5.41) is 0. The van der Waals surface area contributed by atoms with E-state index >= 15 is 0 Å². The molecule has 0 spiro atoms. The van der Waals surface area contributed by atoms with E-state index in [1.165, 1.54) is 44.9 Å². The zero-order valence-corrected chi connectivity index (χ0v) is 36.3. The molecule has 0 saturated carbocycles. The number of allylic oxidation sites excluding steroid dienone is 17. The highest BCUT2D eigenvalue weighted by molar-refractivity contribution is 5.72. The standard InChI is InChI=1S/C51H80O6/c1-4-7-10-13-16-19-21-23-25-27-29-32-35-38-41-44-50(53)56-47-48(46-55-49(52)43-40-37-34-31-18-15-12-9-6-3)57-51(54)45-42-39-36-33-30-28-26-24-22-20-17-14-11-8-5-2/h7-14,16-22,31,37,40,48H,4-6,15,23-30,32-36,38-39,41-47H2,1-3H3/b10-7-,11-8-,12-9-,16-13-,17-14-,21-19-,22-20-,31-18-,40-37-. The number of carbonyl (C=O) groups excluding carboxylic acids is 3. The molecule has 320 valence electrons. The molecule has 6 nitrogen and oxygen atoms in total. The lowest BCUT2D eigenvalue weighted by molar-refractivity contribution is -0.166. The summed E-state index contributed by atoms with van der Waals surface area (Å²) in [5.74, 6) is -1.08. The fourth-order valence-electron chi connectivity index (χ4n) is 5.62. The van der Waals surface area contributed by atoms with Gasteiger partial charge in [-0.25, -0.2) is 0 Å². The van der Waals surface area contributed by atoms with Gasteiger partial charge in [0.1, 0.15) is 13.2 Å². The minimum Gasteiger partial charge on any atom is -0.462 e. The molecule has 0 radical (unpaired) electrons. The number of rotatable bonds is 38. The molecule has 0 aliphatic heterocycles. The van der Waals surface area contributed by atoms with Gasteiger partial charge in [0.2, 0.25) is 0 Å². The van der Waals surface area contributed by atoms with Crippen LogP contribution < -0.4 is 0 Å². The third-order valence-electron chi connectivity index (χ3n) is 8.91. The fraction of sp³-hybridized carbons (Fsp3) is 0.588. The molecule has 0 bridgehead atoms. The summed E-state index contributed by atoms with van der Waals surface area (Å²) in [6.07, 6.45) is 59.6. The van der Waals surface area contributed by atoms with E-state index in [1.807, 2.05) is 6.08 Å². The predicted octanol–water partition coefficient (Wildman–Crippen LogP) is 14.4. The van der Waals surface area contributed by atoms with E-state index in [9.17, 15) is 14.4 Å². The Kier molecular flexibility index (Phi) is 41.7. The van der Waals surface area contributed by atoms with E-state index in [0.717, 1.165) is 89.9 Å². The molecular weight excluding hydrogens is 709 g/mol. The van der Waals surface area contributed by atoms with Crippen molar-refractivity contribution in [3.05, 3.63) is 109 Å². The second-order valence-electron chi connectivity index (χ2n) is 14.3. The zero-order chi connectivity index (χ0) is 41.5. The molecule has 0 saturated heterocycles. The van der Waals surface area contributed by atoms with Gasteiger partial charge in [-0.3, -0.25) is 14.4 Å². The van der Waals surface area contributed by atoms with E-state index in [0.29, 0.717) is 12.8 Å².